The molecule has 28 heavy (non-hydrogen) atoms. The molecule has 5 heteroatoms. The number of anilines is 1. The summed E-state index contributed by atoms with van der Waals surface area (Å²) in [6, 6.07) is 14.5. The Balaban J connectivity index is 1.48. The van der Waals surface area contributed by atoms with Gasteiger partial charge in [0, 0.05) is 31.5 Å². The van der Waals surface area contributed by atoms with Gasteiger partial charge in [-0.05, 0) is 69.9 Å². The second-order valence-corrected chi connectivity index (χ2v) is 7.94. The maximum absolute atomic E-state index is 12.9. The lowest BCUT2D eigenvalue weighted by atomic mass is 9.90. The van der Waals surface area contributed by atoms with Gasteiger partial charge in [0.1, 0.15) is 5.69 Å². The average Bonchev–Trinajstić information content (AvgIpc) is 2.72. The smallest absolute Gasteiger partial charge is 0.272 e. The molecule has 0 saturated carbocycles. The van der Waals surface area contributed by atoms with Crippen LogP contribution in [-0.4, -0.2) is 61.0 Å². The van der Waals surface area contributed by atoms with E-state index >= 15 is 0 Å². The number of likely N-dealkylation sites (tertiary alicyclic amines) is 1. The van der Waals surface area contributed by atoms with Gasteiger partial charge in [0.05, 0.1) is 0 Å². The van der Waals surface area contributed by atoms with Gasteiger partial charge in [-0.15, -0.1) is 0 Å². The molecule has 1 aromatic heterocycles. The summed E-state index contributed by atoms with van der Waals surface area (Å²) in [5, 5.41) is 3.40. The number of rotatable bonds is 8. The number of carbonyl (C=O) groups is 1. The van der Waals surface area contributed by atoms with E-state index in [1.807, 2.05) is 17.0 Å². The van der Waals surface area contributed by atoms with Crippen molar-refractivity contribution in [3.05, 3.63) is 59.9 Å². The van der Waals surface area contributed by atoms with E-state index in [2.05, 4.69) is 59.6 Å². The molecule has 1 aliphatic heterocycles. The third-order valence-corrected chi connectivity index (χ3v) is 5.36. The molecule has 1 aliphatic rings. The van der Waals surface area contributed by atoms with Crippen LogP contribution in [0.25, 0.3) is 0 Å². The number of piperidine rings is 1. The van der Waals surface area contributed by atoms with Gasteiger partial charge in [-0.1, -0.05) is 30.3 Å². The van der Waals surface area contributed by atoms with Crippen molar-refractivity contribution in [2.45, 2.75) is 25.7 Å². The lowest BCUT2D eigenvalue weighted by molar-refractivity contribution is 0.0684. The maximum Gasteiger partial charge on any atom is 0.272 e. The quantitative estimate of drug-likeness (QED) is 0.712. The van der Waals surface area contributed by atoms with Crippen LogP contribution in [0, 0.1) is 5.92 Å². The van der Waals surface area contributed by atoms with Crippen LogP contribution in [0.2, 0.25) is 0 Å². The Bertz CT molecular complexity index is 739. The van der Waals surface area contributed by atoms with Gasteiger partial charge in [0.25, 0.3) is 5.91 Å². The molecule has 0 bridgehead atoms. The Morgan fingerprint density at radius 3 is 2.64 bits per heavy atom. The Labute approximate surface area is 168 Å². The number of aromatic nitrogens is 1. The van der Waals surface area contributed by atoms with Crippen molar-refractivity contribution >= 4 is 11.6 Å². The lowest BCUT2D eigenvalue weighted by Crippen LogP contribution is -2.39. The van der Waals surface area contributed by atoms with Crippen LogP contribution < -0.4 is 5.32 Å². The summed E-state index contributed by atoms with van der Waals surface area (Å²) in [6.45, 7) is 3.57. The second kappa shape index (κ2) is 10.2. The van der Waals surface area contributed by atoms with Gasteiger partial charge in [0.15, 0.2) is 0 Å². The van der Waals surface area contributed by atoms with E-state index in [-0.39, 0.29) is 5.91 Å². The molecule has 5 nitrogen and oxygen atoms in total. The van der Waals surface area contributed by atoms with E-state index in [4.69, 9.17) is 0 Å². The number of benzene rings is 1. The van der Waals surface area contributed by atoms with Crippen LogP contribution in [0.4, 0.5) is 5.69 Å². The molecule has 0 unspecified atom stereocenters. The van der Waals surface area contributed by atoms with Crippen LogP contribution in [-0.2, 0) is 6.42 Å². The van der Waals surface area contributed by atoms with Crippen LogP contribution in [0.1, 0.15) is 35.3 Å². The van der Waals surface area contributed by atoms with Gasteiger partial charge in [-0.3, -0.25) is 9.78 Å². The summed E-state index contributed by atoms with van der Waals surface area (Å²) in [5.74, 6) is 0.708. The molecule has 2 heterocycles. The minimum Gasteiger partial charge on any atom is -0.385 e. The fraction of sp³-hybridized carbons (Fsp3) is 0.478. The number of pyridine rings is 1. The standard InChI is InChI=1S/C23H32N4O/c1-26(2)14-6-12-24-21-9-13-25-22(18-21)23(28)27-15-10-20(11-16-27)17-19-7-4-3-5-8-19/h3-5,7-9,13,18,20H,6,10-12,14-17H2,1-2H3,(H,24,25). The number of carbonyl (C=O) groups excluding carboxylic acids is 1. The molecule has 3 rings (SSSR count). The highest BCUT2D eigenvalue weighted by molar-refractivity contribution is 5.93. The number of nitrogens with one attached hydrogen (secondary N) is 1. The molecule has 1 N–H and O–H groups in total. The topological polar surface area (TPSA) is 48.5 Å². The van der Waals surface area contributed by atoms with Crippen LogP contribution in [0.15, 0.2) is 48.7 Å². The zero-order valence-corrected chi connectivity index (χ0v) is 17.1. The highest BCUT2D eigenvalue weighted by Crippen LogP contribution is 2.23. The van der Waals surface area contributed by atoms with E-state index in [1.165, 1.54) is 5.56 Å². The first-order valence-corrected chi connectivity index (χ1v) is 10.3. The summed E-state index contributed by atoms with van der Waals surface area (Å²) >= 11 is 0. The number of hydrogen-bond acceptors (Lipinski definition) is 4. The first-order chi connectivity index (χ1) is 13.6. The molecule has 0 aliphatic carbocycles. The highest BCUT2D eigenvalue weighted by Gasteiger charge is 2.24. The van der Waals surface area contributed by atoms with E-state index < -0.39 is 0 Å². The van der Waals surface area contributed by atoms with Gasteiger partial charge in [-0.25, -0.2) is 0 Å². The third kappa shape index (κ3) is 6.06. The lowest BCUT2D eigenvalue weighted by Gasteiger charge is -2.32. The van der Waals surface area contributed by atoms with Crippen molar-refractivity contribution in [3.8, 4) is 0 Å². The number of hydrogen-bond donors (Lipinski definition) is 1. The van der Waals surface area contributed by atoms with Crippen LogP contribution >= 0.6 is 0 Å². The average molecular weight is 381 g/mol. The minimum atomic E-state index is 0.0510. The van der Waals surface area contributed by atoms with E-state index in [0.29, 0.717) is 11.6 Å². The zero-order chi connectivity index (χ0) is 19.8. The van der Waals surface area contributed by atoms with Gasteiger partial charge < -0.3 is 15.1 Å². The summed E-state index contributed by atoms with van der Waals surface area (Å²) < 4.78 is 0. The monoisotopic (exact) mass is 380 g/mol. The fourth-order valence-electron chi connectivity index (χ4n) is 3.74. The molecule has 2 aromatic rings. The van der Waals surface area contributed by atoms with E-state index in [1.54, 1.807) is 6.20 Å². The number of amides is 1. The van der Waals surface area contributed by atoms with Crippen molar-refractivity contribution in [1.82, 2.24) is 14.8 Å². The Hall–Kier alpha value is -2.40. The molecule has 0 atom stereocenters. The van der Waals surface area contributed by atoms with Gasteiger partial charge in [0.2, 0.25) is 0 Å². The predicted octanol–water partition coefficient (Wildman–Crippen LogP) is 3.54. The number of nitrogens with zero attached hydrogens (tertiary/aromatic N) is 3. The van der Waals surface area contributed by atoms with Crippen molar-refractivity contribution in [2.75, 3.05) is 45.6 Å². The molecule has 0 spiro atoms. The summed E-state index contributed by atoms with van der Waals surface area (Å²) in [7, 11) is 4.15. The Morgan fingerprint density at radius 1 is 1.18 bits per heavy atom. The van der Waals surface area contributed by atoms with Gasteiger partial charge >= 0.3 is 0 Å². The Kier molecular flexibility index (Phi) is 7.43. The zero-order valence-electron chi connectivity index (χ0n) is 17.1. The fourth-order valence-corrected chi connectivity index (χ4v) is 3.74. The van der Waals surface area contributed by atoms with Crippen LogP contribution in [0.3, 0.4) is 0 Å². The summed E-state index contributed by atoms with van der Waals surface area (Å²) in [6.07, 6.45) is 6.01. The van der Waals surface area contributed by atoms with Crippen molar-refractivity contribution in [2.24, 2.45) is 5.92 Å². The summed E-state index contributed by atoms with van der Waals surface area (Å²) in [4.78, 5) is 21.3. The second-order valence-electron chi connectivity index (χ2n) is 7.94. The molecule has 1 fully saturated rings. The van der Waals surface area contributed by atoms with Crippen molar-refractivity contribution in [1.29, 1.82) is 0 Å². The summed E-state index contributed by atoms with van der Waals surface area (Å²) in [5.41, 5.74) is 2.90. The molecular weight excluding hydrogens is 348 g/mol. The SMILES string of the molecule is CN(C)CCCNc1ccnc(C(=O)N2CCC(Cc3ccccc3)CC2)c1. The van der Waals surface area contributed by atoms with Crippen LogP contribution in [0.5, 0.6) is 0 Å². The third-order valence-electron chi connectivity index (χ3n) is 5.36. The molecule has 1 aromatic carbocycles. The molecule has 0 radical (unpaired) electrons. The van der Waals surface area contributed by atoms with Crippen molar-refractivity contribution in [3.63, 3.8) is 0 Å². The molecule has 1 amide bonds. The molecular formula is C23H32N4O. The van der Waals surface area contributed by atoms with E-state index in [0.717, 1.165) is 57.5 Å². The Morgan fingerprint density at radius 2 is 1.93 bits per heavy atom. The van der Waals surface area contributed by atoms with E-state index in [9.17, 15) is 4.79 Å². The molecule has 150 valence electrons. The predicted molar refractivity (Wildman–Crippen MR) is 115 cm³/mol. The molecule has 1 saturated heterocycles. The van der Waals surface area contributed by atoms with Gasteiger partial charge in [-0.2, -0.15) is 0 Å². The minimum absolute atomic E-state index is 0.0510. The highest BCUT2D eigenvalue weighted by atomic mass is 16.2. The van der Waals surface area contributed by atoms with Crippen molar-refractivity contribution < 1.29 is 4.79 Å². The first kappa shape index (κ1) is 20.3. The first-order valence-electron chi connectivity index (χ1n) is 10.3. The normalized spacial score (nSPS) is 15.0. The maximum atomic E-state index is 12.9. The largest absolute Gasteiger partial charge is 0.385 e.